The summed E-state index contributed by atoms with van der Waals surface area (Å²) in [5, 5.41) is 0. The third-order valence-corrected chi connectivity index (χ3v) is 8.34. The van der Waals surface area contributed by atoms with E-state index in [1.165, 1.54) is 35.5 Å². The van der Waals surface area contributed by atoms with Crippen molar-refractivity contribution in [3.05, 3.63) is 33.8 Å². The van der Waals surface area contributed by atoms with Gasteiger partial charge < -0.3 is 14.2 Å². The highest BCUT2D eigenvalue weighted by Crippen LogP contribution is 2.31. The molecule has 0 saturated heterocycles. The summed E-state index contributed by atoms with van der Waals surface area (Å²) in [5.74, 6) is 4.27. The van der Waals surface area contributed by atoms with Crippen molar-refractivity contribution in [1.82, 2.24) is 0 Å². The van der Waals surface area contributed by atoms with E-state index in [1.807, 2.05) is 23.5 Å². The van der Waals surface area contributed by atoms with E-state index in [0.717, 1.165) is 63.4 Å². The maximum Gasteiger partial charge on any atom is 0.125 e. The van der Waals surface area contributed by atoms with Crippen molar-refractivity contribution in [2.24, 2.45) is 0 Å². The first-order valence-electron chi connectivity index (χ1n) is 12.3. The smallest absolute Gasteiger partial charge is 0.125 e. The van der Waals surface area contributed by atoms with E-state index in [9.17, 15) is 0 Å². The third kappa shape index (κ3) is 14.1. The lowest BCUT2D eigenvalue weighted by Gasteiger charge is -2.17. The van der Waals surface area contributed by atoms with Crippen LogP contribution >= 0.6 is 46.7 Å². The largest absolute Gasteiger partial charge is 0.493 e. The van der Waals surface area contributed by atoms with E-state index in [4.69, 9.17) is 37.4 Å². The Morgan fingerprint density at radius 3 is 2.03 bits per heavy atom. The zero-order chi connectivity index (χ0) is 24.3. The molecule has 3 nitrogen and oxygen atoms in total. The van der Waals surface area contributed by atoms with Crippen LogP contribution in [0.4, 0.5) is 0 Å². The van der Waals surface area contributed by atoms with Gasteiger partial charge in [0, 0.05) is 6.61 Å². The number of hydrogen-bond donors (Lipinski definition) is 0. The highest BCUT2D eigenvalue weighted by molar-refractivity contribution is 8.17. The van der Waals surface area contributed by atoms with Gasteiger partial charge in [-0.2, -0.15) is 0 Å². The summed E-state index contributed by atoms with van der Waals surface area (Å²) in [4.78, 5) is 0. The highest BCUT2D eigenvalue weighted by Gasteiger charge is 2.12. The maximum atomic E-state index is 6.22. The van der Waals surface area contributed by atoms with Gasteiger partial charge in [0.1, 0.15) is 22.6 Å². The van der Waals surface area contributed by atoms with Gasteiger partial charge in [-0.15, -0.1) is 23.5 Å². The second-order valence-electron chi connectivity index (χ2n) is 7.74. The Labute approximate surface area is 220 Å². The van der Waals surface area contributed by atoms with E-state index in [1.54, 1.807) is 6.08 Å². The van der Waals surface area contributed by atoms with Crippen LogP contribution in [0, 0.1) is 0 Å². The monoisotopic (exact) mass is 536 g/mol. The van der Waals surface area contributed by atoms with Crippen LogP contribution in [-0.4, -0.2) is 42.5 Å². The van der Waals surface area contributed by atoms with Gasteiger partial charge in [0.15, 0.2) is 0 Å². The number of thioether (sulfide) groups is 2. The molecule has 1 aromatic carbocycles. The Morgan fingerprint density at radius 1 is 0.879 bits per heavy atom. The van der Waals surface area contributed by atoms with Crippen LogP contribution in [0.15, 0.2) is 22.7 Å². The second kappa shape index (κ2) is 20.0. The lowest BCUT2D eigenvalue weighted by Crippen LogP contribution is -2.11. The molecule has 1 rings (SSSR count). The Balaban J connectivity index is 2.38. The van der Waals surface area contributed by atoms with Crippen LogP contribution in [0.1, 0.15) is 70.9 Å². The molecule has 0 spiro atoms. The van der Waals surface area contributed by atoms with Crippen molar-refractivity contribution in [3.63, 3.8) is 0 Å². The predicted molar refractivity (Wildman–Crippen MR) is 150 cm³/mol. The summed E-state index contributed by atoms with van der Waals surface area (Å²) >= 11 is 15.4. The number of halogens is 2. The summed E-state index contributed by atoms with van der Waals surface area (Å²) in [6.45, 7) is 11.5. The first-order chi connectivity index (χ1) is 16.0. The maximum absolute atomic E-state index is 6.22. The standard InChI is InChI=1S/C26H42Cl2O3S2/c1-5-16-32-25(33-17-6-2)20-29-13-10-9-11-14-31-26-21(7-3)18-23(19-22(26)8-4)30-15-12-24(27)28/h12,18-19,25H,5-11,13-17,20H2,1-4H3. The normalized spacial score (nSPS) is 11.1. The third-order valence-electron chi connectivity index (χ3n) is 4.91. The fourth-order valence-electron chi connectivity index (χ4n) is 3.20. The zero-order valence-corrected chi connectivity index (χ0v) is 23.9. The molecule has 0 bridgehead atoms. The average molecular weight is 538 g/mol. The van der Waals surface area contributed by atoms with Gasteiger partial charge >= 0.3 is 0 Å². The van der Waals surface area contributed by atoms with Crippen LogP contribution in [-0.2, 0) is 17.6 Å². The summed E-state index contributed by atoms with van der Waals surface area (Å²) in [6.07, 6.45) is 9.11. The number of hydrogen-bond acceptors (Lipinski definition) is 5. The number of benzene rings is 1. The topological polar surface area (TPSA) is 27.7 Å². The lowest BCUT2D eigenvalue weighted by molar-refractivity contribution is 0.140. The second-order valence-corrected chi connectivity index (χ2v) is 11.7. The molecule has 0 aromatic heterocycles. The molecule has 0 atom stereocenters. The van der Waals surface area contributed by atoms with Crippen molar-refractivity contribution in [3.8, 4) is 11.5 Å². The first-order valence-corrected chi connectivity index (χ1v) is 15.1. The van der Waals surface area contributed by atoms with Crippen LogP contribution in [0.3, 0.4) is 0 Å². The summed E-state index contributed by atoms with van der Waals surface area (Å²) in [6, 6.07) is 4.11. The molecule has 0 saturated carbocycles. The molecule has 0 aliphatic heterocycles. The molecule has 190 valence electrons. The fraction of sp³-hybridized carbons (Fsp3) is 0.692. The van der Waals surface area contributed by atoms with E-state index in [-0.39, 0.29) is 4.49 Å². The molecule has 0 amide bonds. The van der Waals surface area contributed by atoms with E-state index >= 15 is 0 Å². The number of rotatable bonds is 20. The molecule has 0 fully saturated rings. The number of aryl methyl sites for hydroxylation is 2. The molecule has 0 heterocycles. The fourth-order valence-corrected chi connectivity index (χ4v) is 5.67. The quantitative estimate of drug-likeness (QED) is 0.123. The summed E-state index contributed by atoms with van der Waals surface area (Å²) in [7, 11) is 0. The molecule has 0 N–H and O–H groups in total. The SMILES string of the molecule is CCCSC(COCCCCCOc1c(CC)cc(OCC=C(Cl)Cl)cc1CC)SCCC. The van der Waals surface area contributed by atoms with Crippen LogP contribution in [0.2, 0.25) is 0 Å². The van der Waals surface area contributed by atoms with Gasteiger partial charge in [-0.05, 0) is 85.8 Å². The average Bonchev–Trinajstić information content (AvgIpc) is 2.81. The molecule has 0 radical (unpaired) electrons. The molecule has 1 aromatic rings. The highest BCUT2D eigenvalue weighted by atomic mass is 35.5. The van der Waals surface area contributed by atoms with Crippen molar-refractivity contribution >= 4 is 46.7 Å². The molecule has 0 aliphatic rings. The van der Waals surface area contributed by atoms with E-state index in [0.29, 0.717) is 11.2 Å². The first kappa shape index (κ1) is 30.8. The number of unbranched alkanes of at least 4 members (excludes halogenated alkanes) is 2. The molecular formula is C26H42Cl2O3S2. The zero-order valence-electron chi connectivity index (χ0n) is 20.8. The predicted octanol–water partition coefficient (Wildman–Crippen LogP) is 8.69. The summed E-state index contributed by atoms with van der Waals surface area (Å²) in [5.41, 5.74) is 2.35. The van der Waals surface area contributed by atoms with Gasteiger partial charge in [-0.3, -0.25) is 0 Å². The minimum atomic E-state index is 0.220. The van der Waals surface area contributed by atoms with E-state index in [2.05, 4.69) is 39.8 Å². The Bertz CT molecular complexity index is 634. The molecular weight excluding hydrogens is 495 g/mol. The van der Waals surface area contributed by atoms with Gasteiger partial charge in [-0.25, -0.2) is 0 Å². The number of ether oxygens (including phenoxy) is 3. The van der Waals surface area contributed by atoms with Gasteiger partial charge in [0.2, 0.25) is 0 Å². The van der Waals surface area contributed by atoms with Crippen molar-refractivity contribution in [1.29, 1.82) is 0 Å². The van der Waals surface area contributed by atoms with Gasteiger partial charge in [-0.1, -0.05) is 50.9 Å². The molecule has 0 unspecified atom stereocenters. The summed E-state index contributed by atoms with van der Waals surface area (Å²) < 4.78 is 18.8. The van der Waals surface area contributed by atoms with Gasteiger partial charge in [0.05, 0.1) is 17.8 Å². The Morgan fingerprint density at radius 2 is 1.48 bits per heavy atom. The Kier molecular flexibility index (Phi) is 18.7. The van der Waals surface area contributed by atoms with Crippen molar-refractivity contribution < 1.29 is 14.2 Å². The van der Waals surface area contributed by atoms with Crippen LogP contribution in [0.25, 0.3) is 0 Å². The van der Waals surface area contributed by atoms with Crippen molar-refractivity contribution in [2.45, 2.75) is 77.2 Å². The molecule has 33 heavy (non-hydrogen) atoms. The lowest BCUT2D eigenvalue weighted by atomic mass is 10.0. The van der Waals surface area contributed by atoms with Crippen LogP contribution in [0.5, 0.6) is 11.5 Å². The Hall–Kier alpha value is -0.200. The van der Waals surface area contributed by atoms with Gasteiger partial charge in [0.25, 0.3) is 0 Å². The molecule has 7 heteroatoms. The minimum absolute atomic E-state index is 0.220. The van der Waals surface area contributed by atoms with Crippen molar-refractivity contribution in [2.75, 3.05) is 37.9 Å². The molecule has 0 aliphatic carbocycles. The van der Waals surface area contributed by atoms with E-state index < -0.39 is 0 Å². The minimum Gasteiger partial charge on any atom is -0.493 e. The van der Waals surface area contributed by atoms with Crippen LogP contribution < -0.4 is 9.47 Å².